The second-order valence-electron chi connectivity index (χ2n) is 4.53. The first-order valence-electron chi connectivity index (χ1n) is 5.59. The van der Waals surface area contributed by atoms with Crippen molar-refractivity contribution in [2.24, 2.45) is 0 Å². The van der Waals surface area contributed by atoms with Crippen molar-refractivity contribution in [1.29, 1.82) is 5.26 Å². The molecule has 1 fully saturated rings. The number of anilines is 1. The number of nitrogens with one attached hydrogen (secondary N) is 1. The first-order valence-corrected chi connectivity index (χ1v) is 5.59. The third-order valence-corrected chi connectivity index (χ3v) is 3.40. The van der Waals surface area contributed by atoms with Crippen molar-refractivity contribution < 1.29 is 5.11 Å². The molecule has 0 spiro atoms. The zero-order valence-corrected chi connectivity index (χ0v) is 9.45. The minimum Gasteiger partial charge on any atom is -0.394 e. The lowest BCUT2D eigenvalue weighted by Gasteiger charge is -2.42. The lowest BCUT2D eigenvalue weighted by atomic mass is 9.77. The highest BCUT2D eigenvalue weighted by molar-refractivity contribution is 5.63. The van der Waals surface area contributed by atoms with E-state index in [9.17, 15) is 5.11 Å². The molecule has 1 aliphatic carbocycles. The number of hydrogen-bond donors (Lipinski definition) is 2. The van der Waals surface area contributed by atoms with Gasteiger partial charge in [0.25, 0.3) is 0 Å². The van der Waals surface area contributed by atoms with Gasteiger partial charge in [-0.2, -0.15) is 5.26 Å². The fraction of sp³-hybridized carbons (Fsp3) is 0.462. The molecular formula is C13H16N2O. The lowest BCUT2D eigenvalue weighted by molar-refractivity contribution is 0.144. The van der Waals surface area contributed by atoms with E-state index < -0.39 is 0 Å². The van der Waals surface area contributed by atoms with Crippen LogP contribution in [-0.4, -0.2) is 17.3 Å². The third kappa shape index (κ3) is 1.77. The van der Waals surface area contributed by atoms with E-state index in [0.717, 1.165) is 30.5 Å². The molecule has 0 unspecified atom stereocenters. The minimum absolute atomic E-state index is 0.131. The predicted octanol–water partition coefficient (Wildman–Crippen LogP) is 2.19. The zero-order chi connectivity index (χ0) is 11.6. The van der Waals surface area contributed by atoms with Gasteiger partial charge < -0.3 is 10.4 Å². The molecule has 2 N–H and O–H groups in total. The molecule has 2 rings (SSSR count). The molecule has 0 radical (unpaired) electrons. The average Bonchev–Trinajstić information content (AvgIpc) is 2.25. The van der Waals surface area contributed by atoms with Gasteiger partial charge in [-0.3, -0.25) is 0 Å². The second kappa shape index (κ2) is 4.15. The highest BCUT2D eigenvalue weighted by Gasteiger charge is 2.36. The van der Waals surface area contributed by atoms with Gasteiger partial charge in [0.05, 0.1) is 23.4 Å². The van der Waals surface area contributed by atoms with E-state index in [1.807, 2.05) is 19.1 Å². The summed E-state index contributed by atoms with van der Waals surface area (Å²) in [4.78, 5) is 0. The average molecular weight is 216 g/mol. The molecule has 3 heteroatoms. The standard InChI is InChI=1S/C13H16N2O/c1-10-4-2-5-11(8-14)12(10)15-13(9-16)6-3-7-13/h2,4-5,15-16H,3,6-7,9H2,1H3. The maximum Gasteiger partial charge on any atom is 0.101 e. The summed E-state index contributed by atoms with van der Waals surface area (Å²) in [7, 11) is 0. The summed E-state index contributed by atoms with van der Waals surface area (Å²) in [5, 5.41) is 21.8. The first kappa shape index (κ1) is 11.0. The third-order valence-electron chi connectivity index (χ3n) is 3.40. The van der Waals surface area contributed by atoms with Crippen LogP contribution in [0.1, 0.15) is 30.4 Å². The van der Waals surface area contributed by atoms with Crippen molar-refractivity contribution in [1.82, 2.24) is 0 Å². The number of benzene rings is 1. The Morgan fingerprint density at radius 1 is 1.50 bits per heavy atom. The van der Waals surface area contributed by atoms with E-state index in [1.54, 1.807) is 6.07 Å². The summed E-state index contributed by atoms with van der Waals surface area (Å²) in [5.41, 5.74) is 2.38. The van der Waals surface area contributed by atoms with E-state index in [-0.39, 0.29) is 12.1 Å². The first-order chi connectivity index (χ1) is 7.71. The maximum atomic E-state index is 9.41. The smallest absolute Gasteiger partial charge is 0.101 e. The SMILES string of the molecule is Cc1cccc(C#N)c1NC1(CO)CCC1. The molecular weight excluding hydrogens is 200 g/mol. The van der Waals surface area contributed by atoms with Crippen molar-refractivity contribution in [3.05, 3.63) is 29.3 Å². The van der Waals surface area contributed by atoms with Crippen LogP contribution in [0.15, 0.2) is 18.2 Å². The second-order valence-corrected chi connectivity index (χ2v) is 4.53. The van der Waals surface area contributed by atoms with Gasteiger partial charge in [0.2, 0.25) is 0 Å². The number of aliphatic hydroxyl groups excluding tert-OH is 1. The monoisotopic (exact) mass is 216 g/mol. The van der Waals surface area contributed by atoms with Crippen LogP contribution in [0.5, 0.6) is 0 Å². The summed E-state index contributed by atoms with van der Waals surface area (Å²) in [6.07, 6.45) is 3.09. The largest absolute Gasteiger partial charge is 0.394 e. The topological polar surface area (TPSA) is 56.0 Å². The Hall–Kier alpha value is -1.53. The van der Waals surface area contributed by atoms with E-state index in [1.165, 1.54) is 0 Å². The molecule has 84 valence electrons. The molecule has 0 saturated heterocycles. The summed E-state index contributed by atoms with van der Waals surface area (Å²) in [5.74, 6) is 0. The lowest BCUT2D eigenvalue weighted by Crippen LogP contribution is -2.48. The molecule has 1 aliphatic rings. The molecule has 0 aliphatic heterocycles. The van der Waals surface area contributed by atoms with Crippen LogP contribution in [0.3, 0.4) is 0 Å². The Morgan fingerprint density at radius 2 is 2.25 bits per heavy atom. The zero-order valence-electron chi connectivity index (χ0n) is 9.45. The van der Waals surface area contributed by atoms with Crippen LogP contribution in [0.25, 0.3) is 0 Å². The molecule has 0 bridgehead atoms. The Balaban J connectivity index is 2.30. The Bertz CT molecular complexity index is 425. The molecule has 16 heavy (non-hydrogen) atoms. The van der Waals surface area contributed by atoms with Crippen LogP contribution in [0, 0.1) is 18.3 Å². The normalized spacial score (nSPS) is 17.3. The fourth-order valence-corrected chi connectivity index (χ4v) is 2.12. The van der Waals surface area contributed by atoms with Crippen molar-refractivity contribution >= 4 is 5.69 Å². The van der Waals surface area contributed by atoms with E-state index in [2.05, 4.69) is 11.4 Å². The summed E-state index contributed by atoms with van der Waals surface area (Å²) < 4.78 is 0. The number of hydrogen-bond acceptors (Lipinski definition) is 3. The van der Waals surface area contributed by atoms with Gasteiger partial charge in [-0.1, -0.05) is 12.1 Å². The van der Waals surface area contributed by atoms with Gasteiger partial charge in [0, 0.05) is 0 Å². The predicted molar refractivity (Wildman–Crippen MR) is 63.2 cm³/mol. The van der Waals surface area contributed by atoms with Crippen molar-refractivity contribution in [2.45, 2.75) is 31.7 Å². The molecule has 1 aromatic rings. The summed E-state index contributed by atoms with van der Waals surface area (Å²) in [6, 6.07) is 7.85. The summed E-state index contributed by atoms with van der Waals surface area (Å²) in [6.45, 7) is 2.11. The molecule has 3 nitrogen and oxygen atoms in total. The van der Waals surface area contributed by atoms with Crippen molar-refractivity contribution in [3.8, 4) is 6.07 Å². The molecule has 0 amide bonds. The Kier molecular flexibility index (Phi) is 2.84. The van der Waals surface area contributed by atoms with Crippen molar-refractivity contribution in [2.75, 3.05) is 11.9 Å². The van der Waals surface area contributed by atoms with Crippen LogP contribution < -0.4 is 5.32 Å². The van der Waals surface area contributed by atoms with Gasteiger partial charge in [0.15, 0.2) is 0 Å². The van der Waals surface area contributed by atoms with E-state index >= 15 is 0 Å². The highest BCUT2D eigenvalue weighted by Crippen LogP contribution is 2.36. The highest BCUT2D eigenvalue weighted by atomic mass is 16.3. The van der Waals surface area contributed by atoms with Gasteiger partial charge in [-0.15, -0.1) is 0 Å². The number of aryl methyl sites for hydroxylation is 1. The summed E-state index contributed by atoms with van der Waals surface area (Å²) >= 11 is 0. The maximum absolute atomic E-state index is 9.41. The quantitative estimate of drug-likeness (QED) is 0.814. The molecule has 1 saturated carbocycles. The Labute approximate surface area is 95.7 Å². The van der Waals surface area contributed by atoms with Crippen LogP contribution in [0.4, 0.5) is 5.69 Å². The van der Waals surface area contributed by atoms with Gasteiger partial charge in [-0.05, 0) is 37.8 Å². The van der Waals surface area contributed by atoms with Gasteiger partial charge in [0.1, 0.15) is 6.07 Å². The number of aliphatic hydroxyl groups is 1. The molecule has 0 atom stereocenters. The van der Waals surface area contributed by atoms with Gasteiger partial charge >= 0.3 is 0 Å². The fourth-order valence-electron chi connectivity index (χ4n) is 2.12. The molecule has 1 aromatic carbocycles. The van der Waals surface area contributed by atoms with Crippen LogP contribution >= 0.6 is 0 Å². The van der Waals surface area contributed by atoms with E-state index in [0.29, 0.717) is 5.56 Å². The van der Waals surface area contributed by atoms with Crippen LogP contribution in [0.2, 0.25) is 0 Å². The Morgan fingerprint density at radius 3 is 2.75 bits per heavy atom. The number of para-hydroxylation sites is 1. The number of nitrogens with zero attached hydrogens (tertiary/aromatic N) is 1. The van der Waals surface area contributed by atoms with Crippen molar-refractivity contribution in [3.63, 3.8) is 0 Å². The van der Waals surface area contributed by atoms with E-state index in [4.69, 9.17) is 5.26 Å². The minimum atomic E-state index is -0.197. The van der Waals surface area contributed by atoms with Gasteiger partial charge in [-0.25, -0.2) is 0 Å². The molecule has 0 aromatic heterocycles. The number of rotatable bonds is 3. The molecule has 0 heterocycles. The number of nitriles is 1. The van der Waals surface area contributed by atoms with Crippen LogP contribution in [-0.2, 0) is 0 Å².